The maximum absolute atomic E-state index is 3.49. The lowest BCUT2D eigenvalue weighted by Gasteiger charge is -2.29. The molecule has 74 valence electrons. The predicted octanol–water partition coefficient (Wildman–Crippen LogP) is 3.82. The van der Waals surface area contributed by atoms with Crippen molar-refractivity contribution in [2.75, 3.05) is 7.05 Å². The molecule has 1 unspecified atom stereocenters. The third kappa shape index (κ3) is 2.79. The molecule has 1 aromatic heterocycles. The SMILES string of the molecule is CNC(c1ccc(Br)s1)C(C)(C)C. The lowest BCUT2D eigenvalue weighted by atomic mass is 9.86. The number of hydrogen-bond acceptors (Lipinski definition) is 2. The second kappa shape index (κ2) is 4.11. The molecule has 0 aliphatic carbocycles. The summed E-state index contributed by atoms with van der Waals surface area (Å²) in [4.78, 5) is 1.39. The van der Waals surface area contributed by atoms with E-state index < -0.39 is 0 Å². The van der Waals surface area contributed by atoms with E-state index in [-0.39, 0.29) is 5.41 Å². The summed E-state index contributed by atoms with van der Waals surface area (Å²) in [5.74, 6) is 0. The van der Waals surface area contributed by atoms with Crippen molar-refractivity contribution in [2.45, 2.75) is 26.8 Å². The van der Waals surface area contributed by atoms with Gasteiger partial charge in [-0.3, -0.25) is 0 Å². The molecule has 0 fully saturated rings. The molecule has 3 heteroatoms. The van der Waals surface area contributed by atoms with Crippen molar-refractivity contribution >= 4 is 27.3 Å². The van der Waals surface area contributed by atoms with Gasteiger partial charge in [0.15, 0.2) is 0 Å². The van der Waals surface area contributed by atoms with Crippen LogP contribution in [0, 0.1) is 5.41 Å². The first-order valence-corrected chi connectivity index (χ1v) is 5.98. The Morgan fingerprint density at radius 3 is 2.31 bits per heavy atom. The van der Waals surface area contributed by atoms with Crippen LogP contribution in [0.15, 0.2) is 15.9 Å². The van der Waals surface area contributed by atoms with Crippen LogP contribution in [0.25, 0.3) is 0 Å². The van der Waals surface area contributed by atoms with Gasteiger partial charge in [0.1, 0.15) is 0 Å². The molecular formula is C10H16BrNS. The fourth-order valence-electron chi connectivity index (χ4n) is 1.49. The molecule has 0 spiro atoms. The molecule has 0 aliphatic rings. The molecule has 1 rings (SSSR count). The Hall–Kier alpha value is 0.140. The fourth-order valence-corrected chi connectivity index (χ4v) is 3.26. The van der Waals surface area contributed by atoms with Crippen molar-refractivity contribution in [3.05, 3.63) is 20.8 Å². The highest BCUT2D eigenvalue weighted by Gasteiger charge is 2.25. The highest BCUT2D eigenvalue weighted by molar-refractivity contribution is 9.11. The van der Waals surface area contributed by atoms with Gasteiger partial charge in [-0.25, -0.2) is 0 Å². The van der Waals surface area contributed by atoms with Gasteiger partial charge in [0.25, 0.3) is 0 Å². The summed E-state index contributed by atoms with van der Waals surface area (Å²) < 4.78 is 1.20. The van der Waals surface area contributed by atoms with E-state index in [1.165, 1.54) is 8.66 Å². The topological polar surface area (TPSA) is 12.0 Å². The largest absolute Gasteiger partial charge is 0.312 e. The van der Waals surface area contributed by atoms with E-state index >= 15 is 0 Å². The zero-order valence-corrected chi connectivity index (χ0v) is 10.9. The molecule has 0 amide bonds. The lowest BCUT2D eigenvalue weighted by Crippen LogP contribution is -2.28. The monoisotopic (exact) mass is 261 g/mol. The summed E-state index contributed by atoms with van der Waals surface area (Å²) >= 11 is 5.29. The van der Waals surface area contributed by atoms with Gasteiger partial charge in [0.05, 0.1) is 3.79 Å². The van der Waals surface area contributed by atoms with Crippen molar-refractivity contribution in [1.29, 1.82) is 0 Å². The van der Waals surface area contributed by atoms with Gasteiger partial charge in [0.2, 0.25) is 0 Å². The Bertz CT molecular complexity index is 275. The summed E-state index contributed by atoms with van der Waals surface area (Å²) in [5, 5.41) is 3.36. The molecule has 0 aliphatic heterocycles. The number of halogens is 1. The smallest absolute Gasteiger partial charge is 0.0701 e. The zero-order chi connectivity index (χ0) is 10.1. The second-order valence-corrected chi connectivity index (χ2v) is 6.72. The van der Waals surface area contributed by atoms with Gasteiger partial charge in [0, 0.05) is 10.9 Å². The fraction of sp³-hybridized carbons (Fsp3) is 0.600. The van der Waals surface area contributed by atoms with Crippen molar-refractivity contribution in [3.63, 3.8) is 0 Å². The Morgan fingerprint density at radius 2 is 2.00 bits per heavy atom. The number of thiophene rings is 1. The van der Waals surface area contributed by atoms with Crippen molar-refractivity contribution < 1.29 is 0 Å². The first-order chi connectivity index (χ1) is 5.95. The molecule has 0 aromatic carbocycles. The van der Waals surface area contributed by atoms with E-state index in [1.54, 1.807) is 11.3 Å². The molecule has 13 heavy (non-hydrogen) atoms. The Kier molecular flexibility index (Phi) is 3.55. The third-order valence-corrected chi connectivity index (χ3v) is 3.72. The van der Waals surface area contributed by atoms with E-state index in [1.807, 2.05) is 7.05 Å². The van der Waals surface area contributed by atoms with E-state index in [4.69, 9.17) is 0 Å². The number of nitrogens with one attached hydrogen (secondary N) is 1. The van der Waals surface area contributed by atoms with Crippen LogP contribution in [0.4, 0.5) is 0 Å². The van der Waals surface area contributed by atoms with E-state index in [9.17, 15) is 0 Å². The van der Waals surface area contributed by atoms with Crippen LogP contribution in [0.1, 0.15) is 31.7 Å². The van der Waals surface area contributed by atoms with Crippen LogP contribution in [0.5, 0.6) is 0 Å². The van der Waals surface area contributed by atoms with Crippen molar-refractivity contribution in [1.82, 2.24) is 5.32 Å². The predicted molar refractivity (Wildman–Crippen MR) is 63.3 cm³/mol. The molecular weight excluding hydrogens is 246 g/mol. The van der Waals surface area contributed by atoms with Crippen LogP contribution in [0.2, 0.25) is 0 Å². The van der Waals surface area contributed by atoms with Gasteiger partial charge in [-0.2, -0.15) is 0 Å². The highest BCUT2D eigenvalue weighted by Crippen LogP contribution is 2.37. The number of rotatable bonds is 2. The second-order valence-electron chi connectivity index (χ2n) is 4.23. The highest BCUT2D eigenvalue weighted by atomic mass is 79.9. The molecule has 1 aromatic rings. The normalized spacial score (nSPS) is 14.5. The van der Waals surface area contributed by atoms with Crippen LogP contribution in [-0.2, 0) is 0 Å². The molecule has 1 nitrogen and oxygen atoms in total. The van der Waals surface area contributed by atoms with Crippen LogP contribution in [-0.4, -0.2) is 7.05 Å². The average Bonchev–Trinajstić information content (AvgIpc) is 2.34. The van der Waals surface area contributed by atoms with Crippen molar-refractivity contribution in [3.8, 4) is 0 Å². The Balaban J connectivity index is 2.91. The van der Waals surface area contributed by atoms with Gasteiger partial charge in [-0.1, -0.05) is 20.8 Å². The molecule has 1 atom stereocenters. The number of hydrogen-bond donors (Lipinski definition) is 1. The average molecular weight is 262 g/mol. The van der Waals surface area contributed by atoms with Crippen LogP contribution >= 0.6 is 27.3 Å². The van der Waals surface area contributed by atoms with Gasteiger partial charge in [-0.05, 0) is 40.5 Å². The summed E-state index contributed by atoms with van der Waals surface area (Å²) in [6.07, 6.45) is 0. The minimum atomic E-state index is 0.263. The maximum Gasteiger partial charge on any atom is 0.0701 e. The van der Waals surface area contributed by atoms with Crippen LogP contribution in [0.3, 0.4) is 0 Å². The molecule has 1 heterocycles. The molecule has 1 N–H and O–H groups in total. The maximum atomic E-state index is 3.49. The molecule has 0 bridgehead atoms. The van der Waals surface area contributed by atoms with E-state index in [0.717, 1.165) is 0 Å². The first-order valence-electron chi connectivity index (χ1n) is 4.37. The summed E-state index contributed by atoms with van der Waals surface area (Å²) in [5.41, 5.74) is 0.263. The van der Waals surface area contributed by atoms with E-state index in [2.05, 4.69) is 54.2 Å². The minimum Gasteiger partial charge on any atom is -0.312 e. The standard InChI is InChI=1S/C10H16BrNS/c1-10(2,3)9(12-4)7-5-6-8(11)13-7/h5-6,9,12H,1-4H3. The Labute approximate surface area is 92.7 Å². The van der Waals surface area contributed by atoms with E-state index in [0.29, 0.717) is 6.04 Å². The quantitative estimate of drug-likeness (QED) is 0.854. The Morgan fingerprint density at radius 1 is 1.38 bits per heavy atom. The van der Waals surface area contributed by atoms with Crippen molar-refractivity contribution in [2.24, 2.45) is 5.41 Å². The summed E-state index contributed by atoms with van der Waals surface area (Å²) in [6, 6.07) is 4.72. The lowest BCUT2D eigenvalue weighted by molar-refractivity contribution is 0.291. The minimum absolute atomic E-state index is 0.263. The van der Waals surface area contributed by atoms with Gasteiger partial charge >= 0.3 is 0 Å². The van der Waals surface area contributed by atoms with Crippen LogP contribution < -0.4 is 5.32 Å². The molecule has 0 radical (unpaired) electrons. The summed E-state index contributed by atoms with van der Waals surface area (Å²) in [7, 11) is 2.02. The summed E-state index contributed by atoms with van der Waals surface area (Å²) in [6.45, 7) is 6.76. The first kappa shape index (κ1) is 11.2. The zero-order valence-electron chi connectivity index (χ0n) is 8.52. The molecule has 0 saturated heterocycles. The van der Waals surface area contributed by atoms with Gasteiger partial charge in [-0.15, -0.1) is 11.3 Å². The molecule has 0 saturated carbocycles. The third-order valence-electron chi connectivity index (χ3n) is 2.03. The van der Waals surface area contributed by atoms with Gasteiger partial charge < -0.3 is 5.32 Å².